The number of rotatable bonds is 8. The van der Waals surface area contributed by atoms with Gasteiger partial charge in [-0.15, -0.1) is 0 Å². The van der Waals surface area contributed by atoms with E-state index in [2.05, 4.69) is 0 Å². The molecule has 0 radical (unpaired) electrons. The van der Waals surface area contributed by atoms with Crippen molar-refractivity contribution >= 4 is 11.9 Å². The zero-order valence-corrected chi connectivity index (χ0v) is 14.8. The molecule has 0 N–H and O–H groups in total. The molecule has 0 aromatic carbocycles. The Morgan fingerprint density at radius 3 is 1.68 bits per heavy atom. The quantitative estimate of drug-likeness (QED) is 0.376. The SMILES string of the molecule is CC(=COC=C(C)C(=O)OCC1CCCO1)C(=O)OCC1CCCO1. The molecule has 0 aliphatic carbocycles. The van der Waals surface area contributed by atoms with E-state index in [0.29, 0.717) is 24.4 Å². The van der Waals surface area contributed by atoms with E-state index in [9.17, 15) is 9.59 Å². The molecule has 2 unspecified atom stereocenters. The number of hydrogen-bond acceptors (Lipinski definition) is 7. The van der Waals surface area contributed by atoms with Crippen molar-refractivity contribution in [2.24, 2.45) is 0 Å². The molecular weight excluding hydrogens is 328 g/mol. The Bertz CT molecular complexity index is 466. The van der Waals surface area contributed by atoms with Gasteiger partial charge in [-0.1, -0.05) is 0 Å². The topological polar surface area (TPSA) is 80.3 Å². The molecule has 2 saturated heterocycles. The lowest BCUT2D eigenvalue weighted by Crippen LogP contribution is -2.18. The van der Waals surface area contributed by atoms with Crippen molar-refractivity contribution in [3.63, 3.8) is 0 Å². The lowest BCUT2D eigenvalue weighted by Gasteiger charge is -2.10. The van der Waals surface area contributed by atoms with E-state index in [-0.39, 0.29) is 25.4 Å². The Kier molecular flexibility index (Phi) is 7.94. The molecule has 2 aliphatic heterocycles. The van der Waals surface area contributed by atoms with E-state index in [0.717, 1.165) is 25.7 Å². The summed E-state index contributed by atoms with van der Waals surface area (Å²) in [4.78, 5) is 23.6. The standard InChI is InChI=1S/C18H26O7/c1-13(17(19)24-11-15-5-3-7-22-15)9-21-10-14(2)18(20)25-12-16-6-4-8-23-16/h9-10,15-16H,3-8,11-12H2,1-2H3. The van der Waals surface area contributed by atoms with Crippen LogP contribution in [0.4, 0.5) is 0 Å². The summed E-state index contributed by atoms with van der Waals surface area (Å²) in [6.07, 6.45) is 6.26. The molecule has 7 heteroatoms. The average Bonchev–Trinajstić information content (AvgIpc) is 3.30. The van der Waals surface area contributed by atoms with Crippen molar-refractivity contribution in [1.29, 1.82) is 0 Å². The molecule has 0 spiro atoms. The molecule has 0 aromatic rings. The molecule has 2 aliphatic rings. The lowest BCUT2D eigenvalue weighted by molar-refractivity contribution is -0.142. The number of hydrogen-bond donors (Lipinski definition) is 0. The Morgan fingerprint density at radius 2 is 1.32 bits per heavy atom. The van der Waals surface area contributed by atoms with E-state index >= 15 is 0 Å². The molecule has 140 valence electrons. The second kappa shape index (κ2) is 10.2. The second-order valence-corrected chi connectivity index (χ2v) is 6.20. The van der Waals surface area contributed by atoms with E-state index in [1.54, 1.807) is 13.8 Å². The van der Waals surface area contributed by atoms with Crippen LogP contribution in [0.5, 0.6) is 0 Å². The maximum atomic E-state index is 11.8. The van der Waals surface area contributed by atoms with Gasteiger partial charge in [0.05, 0.1) is 23.4 Å². The molecule has 0 amide bonds. The molecule has 0 bridgehead atoms. The van der Waals surface area contributed by atoms with Gasteiger partial charge in [0, 0.05) is 13.2 Å². The predicted octanol–water partition coefficient (Wildman–Crippen LogP) is 2.25. The molecule has 2 fully saturated rings. The normalized spacial score (nSPS) is 24.2. The Balaban J connectivity index is 1.67. The van der Waals surface area contributed by atoms with Gasteiger partial charge in [0.15, 0.2) is 0 Å². The first kappa shape index (κ1) is 19.5. The highest BCUT2D eigenvalue weighted by Gasteiger charge is 2.19. The van der Waals surface area contributed by atoms with Gasteiger partial charge in [0.1, 0.15) is 25.7 Å². The van der Waals surface area contributed by atoms with Crippen LogP contribution in [0.2, 0.25) is 0 Å². The number of carbonyl (C=O) groups excluding carboxylic acids is 2. The molecule has 2 atom stereocenters. The van der Waals surface area contributed by atoms with Crippen molar-refractivity contribution in [2.75, 3.05) is 26.4 Å². The lowest BCUT2D eigenvalue weighted by atomic mass is 10.2. The molecule has 7 nitrogen and oxygen atoms in total. The average molecular weight is 354 g/mol. The van der Waals surface area contributed by atoms with Crippen molar-refractivity contribution in [1.82, 2.24) is 0 Å². The number of carbonyl (C=O) groups is 2. The van der Waals surface area contributed by atoms with Crippen molar-refractivity contribution in [2.45, 2.75) is 51.7 Å². The third kappa shape index (κ3) is 6.88. The maximum absolute atomic E-state index is 11.8. The van der Waals surface area contributed by atoms with Crippen molar-refractivity contribution < 1.29 is 33.3 Å². The van der Waals surface area contributed by atoms with Crippen LogP contribution in [0.15, 0.2) is 23.7 Å². The van der Waals surface area contributed by atoms with Crippen LogP contribution in [0.25, 0.3) is 0 Å². The fourth-order valence-corrected chi connectivity index (χ4v) is 2.45. The maximum Gasteiger partial charge on any atom is 0.336 e. The van der Waals surface area contributed by atoms with Crippen LogP contribution >= 0.6 is 0 Å². The van der Waals surface area contributed by atoms with Gasteiger partial charge in [0.2, 0.25) is 0 Å². The van der Waals surface area contributed by atoms with Gasteiger partial charge in [-0.05, 0) is 39.5 Å². The smallest absolute Gasteiger partial charge is 0.336 e. The van der Waals surface area contributed by atoms with Crippen LogP contribution in [0.1, 0.15) is 39.5 Å². The van der Waals surface area contributed by atoms with E-state index in [4.69, 9.17) is 23.7 Å². The van der Waals surface area contributed by atoms with Crippen molar-refractivity contribution in [3.05, 3.63) is 23.7 Å². The Labute approximate surface area is 147 Å². The summed E-state index contributed by atoms with van der Waals surface area (Å²) >= 11 is 0. The minimum Gasteiger partial charge on any atom is -0.472 e. The summed E-state index contributed by atoms with van der Waals surface area (Å²) in [5.41, 5.74) is 0.601. The summed E-state index contributed by atoms with van der Waals surface area (Å²) < 4.78 is 26.2. The Hall–Kier alpha value is -1.86. The predicted molar refractivity (Wildman–Crippen MR) is 88.5 cm³/mol. The van der Waals surface area contributed by atoms with Gasteiger partial charge in [0.25, 0.3) is 0 Å². The van der Waals surface area contributed by atoms with Crippen LogP contribution in [0, 0.1) is 0 Å². The van der Waals surface area contributed by atoms with Gasteiger partial charge in [-0.2, -0.15) is 0 Å². The zero-order valence-electron chi connectivity index (χ0n) is 14.8. The third-order valence-corrected chi connectivity index (χ3v) is 3.98. The van der Waals surface area contributed by atoms with Crippen LogP contribution in [0.3, 0.4) is 0 Å². The van der Waals surface area contributed by atoms with E-state index in [1.165, 1.54) is 12.5 Å². The van der Waals surface area contributed by atoms with Crippen LogP contribution < -0.4 is 0 Å². The minimum absolute atomic E-state index is 0.0153. The Morgan fingerprint density at radius 1 is 0.880 bits per heavy atom. The summed E-state index contributed by atoms with van der Waals surface area (Å²) in [5, 5.41) is 0. The summed E-state index contributed by atoms with van der Waals surface area (Å²) in [6, 6.07) is 0. The minimum atomic E-state index is -0.470. The van der Waals surface area contributed by atoms with Gasteiger partial charge < -0.3 is 23.7 Å². The highest BCUT2D eigenvalue weighted by Crippen LogP contribution is 2.14. The van der Waals surface area contributed by atoms with Gasteiger partial charge in [-0.25, -0.2) is 9.59 Å². The largest absolute Gasteiger partial charge is 0.472 e. The van der Waals surface area contributed by atoms with Crippen molar-refractivity contribution in [3.8, 4) is 0 Å². The first-order valence-electron chi connectivity index (χ1n) is 8.62. The molecule has 0 saturated carbocycles. The molecule has 2 rings (SSSR count). The zero-order chi connectivity index (χ0) is 18.1. The summed E-state index contributed by atoms with van der Waals surface area (Å²) in [5.74, 6) is -0.940. The molecule has 2 heterocycles. The number of esters is 2. The van der Waals surface area contributed by atoms with Gasteiger partial charge in [-0.3, -0.25) is 0 Å². The molecule has 25 heavy (non-hydrogen) atoms. The highest BCUT2D eigenvalue weighted by molar-refractivity contribution is 5.88. The van der Waals surface area contributed by atoms with Gasteiger partial charge >= 0.3 is 11.9 Å². The monoisotopic (exact) mass is 354 g/mol. The third-order valence-electron chi connectivity index (χ3n) is 3.98. The van der Waals surface area contributed by atoms with E-state index < -0.39 is 11.9 Å². The first-order valence-corrected chi connectivity index (χ1v) is 8.62. The summed E-state index contributed by atoms with van der Waals surface area (Å²) in [7, 11) is 0. The fraction of sp³-hybridized carbons (Fsp3) is 0.667. The number of ether oxygens (including phenoxy) is 5. The fourth-order valence-electron chi connectivity index (χ4n) is 2.45. The first-order chi connectivity index (χ1) is 12.1. The molecule has 0 aromatic heterocycles. The highest BCUT2D eigenvalue weighted by atomic mass is 16.6. The second-order valence-electron chi connectivity index (χ2n) is 6.20. The van der Waals surface area contributed by atoms with E-state index in [1.807, 2.05) is 0 Å². The summed E-state index contributed by atoms with van der Waals surface area (Å²) in [6.45, 7) is 5.08. The van der Waals surface area contributed by atoms with Crippen LogP contribution in [-0.4, -0.2) is 50.6 Å². The van der Waals surface area contributed by atoms with Crippen LogP contribution in [-0.2, 0) is 33.3 Å². The molecular formula is C18H26O7.